The predicted octanol–water partition coefficient (Wildman–Crippen LogP) is 18.1. The van der Waals surface area contributed by atoms with Crippen molar-refractivity contribution in [2.75, 3.05) is 0 Å². The Balaban J connectivity index is 0.992. The number of hydrogen-bond donors (Lipinski definition) is 0. The number of fused-ring (bicyclic) bond motifs is 30. The molecular formula is C78H43BN4. The second kappa shape index (κ2) is 15.1. The van der Waals surface area contributed by atoms with E-state index in [1.807, 2.05) is 0 Å². The van der Waals surface area contributed by atoms with Crippen LogP contribution in [0.2, 0.25) is 0 Å². The molecule has 15 aromatic carbocycles. The predicted molar refractivity (Wildman–Crippen MR) is 353 cm³/mol. The van der Waals surface area contributed by atoms with E-state index in [-0.39, 0.29) is 6.71 Å². The lowest BCUT2D eigenvalue weighted by molar-refractivity contribution is 1.14. The first-order valence-corrected chi connectivity index (χ1v) is 29.0. The first kappa shape index (κ1) is 43.0. The maximum Gasteiger partial charge on any atom is 0.253 e. The van der Waals surface area contributed by atoms with Crippen LogP contribution in [-0.2, 0) is 0 Å². The Morgan fingerprint density at radius 3 is 1.17 bits per heavy atom. The van der Waals surface area contributed by atoms with Crippen molar-refractivity contribution in [2.24, 2.45) is 0 Å². The van der Waals surface area contributed by atoms with Crippen LogP contribution < -0.4 is 16.4 Å². The summed E-state index contributed by atoms with van der Waals surface area (Å²) in [5.41, 5.74) is 18.6. The van der Waals surface area contributed by atoms with Gasteiger partial charge in [-0.3, -0.25) is 0 Å². The van der Waals surface area contributed by atoms with Crippen molar-refractivity contribution in [1.82, 2.24) is 18.3 Å². The monoisotopic (exact) mass is 1050 g/mol. The fourth-order valence-electron chi connectivity index (χ4n) is 16.6. The summed E-state index contributed by atoms with van der Waals surface area (Å²) in [5, 5.41) is 25.6. The van der Waals surface area contributed by atoms with Crippen molar-refractivity contribution in [1.29, 1.82) is 0 Å². The zero-order valence-electron chi connectivity index (χ0n) is 44.7. The van der Waals surface area contributed by atoms with E-state index in [4.69, 9.17) is 0 Å². The van der Waals surface area contributed by atoms with Crippen molar-refractivity contribution in [3.05, 3.63) is 261 Å². The molecule has 0 radical (unpaired) electrons. The zero-order valence-corrected chi connectivity index (χ0v) is 44.7. The molecular weight excluding hydrogens is 1000 g/mol. The van der Waals surface area contributed by atoms with Gasteiger partial charge in [0.25, 0.3) is 6.71 Å². The average molecular weight is 1050 g/mol. The Morgan fingerprint density at radius 2 is 0.614 bits per heavy atom. The summed E-state index contributed by atoms with van der Waals surface area (Å²) < 4.78 is 10.4. The van der Waals surface area contributed by atoms with Crippen molar-refractivity contribution in [3.8, 4) is 22.7 Å². The molecule has 0 saturated heterocycles. The third-order valence-electron chi connectivity index (χ3n) is 19.6. The highest BCUT2D eigenvalue weighted by molar-refractivity contribution is 7.02. The van der Waals surface area contributed by atoms with Crippen molar-refractivity contribution < 1.29 is 0 Å². The Hall–Kier alpha value is -10.9. The van der Waals surface area contributed by atoms with Crippen molar-refractivity contribution >= 4 is 175 Å². The van der Waals surface area contributed by atoms with Crippen LogP contribution in [0, 0.1) is 0 Å². The Bertz CT molecular complexity index is 6120. The summed E-state index contributed by atoms with van der Waals surface area (Å²) in [4.78, 5) is 0. The number of benzene rings is 15. The molecule has 0 bridgehead atoms. The Kier molecular flexibility index (Phi) is 7.83. The molecule has 6 heterocycles. The second-order valence-corrected chi connectivity index (χ2v) is 23.4. The maximum atomic E-state index is 2.69. The van der Waals surface area contributed by atoms with Crippen LogP contribution in [0.4, 0.5) is 0 Å². The molecule has 0 atom stereocenters. The lowest BCUT2D eigenvalue weighted by Crippen LogP contribution is -2.59. The SMILES string of the molecule is c1cc2c3c(c1)-n1c4ccc5c6ccccc6c6ccccc6c5c4c4cc5c6ccccc6c6ccccc6c5c(c41)B3c1cc(-n3c4ccccc4c4ccccc43)cc3c4cc(-n5c6ccccc6c6ccccc65)ccc4n-2c13. The van der Waals surface area contributed by atoms with Crippen LogP contribution >= 0.6 is 0 Å². The lowest BCUT2D eigenvalue weighted by Gasteiger charge is -2.35. The van der Waals surface area contributed by atoms with Crippen LogP contribution in [0.5, 0.6) is 0 Å². The molecule has 5 heteroatoms. The van der Waals surface area contributed by atoms with Gasteiger partial charge in [-0.05, 0) is 154 Å². The fraction of sp³-hybridized carbons (Fsp3) is 0. The number of hydrogen-bond acceptors (Lipinski definition) is 0. The smallest absolute Gasteiger partial charge is 0.253 e. The number of para-hydroxylation sites is 4. The Morgan fingerprint density at radius 1 is 0.205 bits per heavy atom. The van der Waals surface area contributed by atoms with Crippen LogP contribution in [0.25, 0.3) is 175 Å². The normalized spacial score (nSPS) is 13.0. The van der Waals surface area contributed by atoms with Crippen LogP contribution in [0.3, 0.4) is 0 Å². The van der Waals surface area contributed by atoms with Gasteiger partial charge in [0.05, 0.1) is 38.6 Å². The van der Waals surface area contributed by atoms with E-state index in [1.165, 1.54) is 180 Å². The fourth-order valence-corrected chi connectivity index (χ4v) is 16.6. The van der Waals surface area contributed by atoms with E-state index in [9.17, 15) is 0 Å². The number of nitrogens with zero attached hydrogens (tertiary/aromatic N) is 4. The third-order valence-corrected chi connectivity index (χ3v) is 19.6. The van der Waals surface area contributed by atoms with E-state index in [2.05, 4.69) is 279 Å². The van der Waals surface area contributed by atoms with Gasteiger partial charge in [-0.2, -0.15) is 0 Å². The standard InChI is InChI=1S/C78H43BN4/c1-3-22-50-46(18-1)48-20-5-7-28-56(48)72-58(50)37-39-69-74(72)62-43-60-51-23-4-2-19-47(51)49-21-6-8-29-57(49)73(60)76-78(62)83(69)71-35-17-34-70-75(71)79(76)63-42-45(81-66-32-15-11-26-54(66)55-27-12-16-33-67(55)81)41-61-59-40-44(36-38-68(59)82(70)77(61)63)80-64-30-13-9-24-52(64)53-25-10-14-31-65(53)80/h1-43H. The molecule has 0 aliphatic carbocycles. The van der Waals surface area contributed by atoms with E-state index >= 15 is 0 Å². The average Bonchev–Trinajstić information content (AvgIpc) is 1.89. The zero-order chi connectivity index (χ0) is 53.5. The van der Waals surface area contributed by atoms with E-state index in [0.717, 1.165) is 11.4 Å². The van der Waals surface area contributed by atoms with Gasteiger partial charge in [-0.25, -0.2) is 0 Å². The van der Waals surface area contributed by atoms with Crippen LogP contribution in [0.15, 0.2) is 261 Å². The van der Waals surface area contributed by atoms with Gasteiger partial charge in [-0.1, -0.05) is 182 Å². The molecule has 4 nitrogen and oxygen atoms in total. The van der Waals surface area contributed by atoms with Crippen molar-refractivity contribution in [2.45, 2.75) is 0 Å². The highest BCUT2D eigenvalue weighted by atomic mass is 15.0. The van der Waals surface area contributed by atoms with Crippen LogP contribution in [-0.4, -0.2) is 25.0 Å². The van der Waals surface area contributed by atoms with Gasteiger partial charge in [0.15, 0.2) is 0 Å². The molecule has 2 aliphatic heterocycles. The summed E-state index contributed by atoms with van der Waals surface area (Å²) in [6.45, 7) is -0.151. The molecule has 0 fully saturated rings. The molecule has 4 aromatic heterocycles. The third kappa shape index (κ3) is 5.14. The molecule has 378 valence electrons. The first-order chi connectivity index (χ1) is 41.2. The molecule has 0 amide bonds. The molecule has 0 spiro atoms. The summed E-state index contributed by atoms with van der Waals surface area (Å²) in [6, 6.07) is 99.3. The molecule has 21 rings (SSSR count). The topological polar surface area (TPSA) is 19.7 Å². The van der Waals surface area contributed by atoms with Gasteiger partial charge in [-0.15, -0.1) is 0 Å². The first-order valence-electron chi connectivity index (χ1n) is 29.0. The second-order valence-electron chi connectivity index (χ2n) is 23.4. The minimum absolute atomic E-state index is 0.151. The van der Waals surface area contributed by atoms with Gasteiger partial charge >= 0.3 is 0 Å². The van der Waals surface area contributed by atoms with Crippen LogP contribution in [0.1, 0.15) is 0 Å². The Labute approximate surface area is 474 Å². The molecule has 2 aliphatic rings. The summed E-state index contributed by atoms with van der Waals surface area (Å²) in [5.74, 6) is 0. The molecule has 0 N–H and O–H groups in total. The van der Waals surface area contributed by atoms with E-state index in [0.29, 0.717) is 0 Å². The summed E-state index contributed by atoms with van der Waals surface area (Å²) in [6.07, 6.45) is 0. The van der Waals surface area contributed by atoms with E-state index in [1.54, 1.807) is 0 Å². The molecule has 0 saturated carbocycles. The highest BCUT2D eigenvalue weighted by Gasteiger charge is 2.43. The molecule has 0 unspecified atom stereocenters. The van der Waals surface area contributed by atoms with Gasteiger partial charge in [0, 0.05) is 76.7 Å². The van der Waals surface area contributed by atoms with E-state index < -0.39 is 0 Å². The quantitative estimate of drug-likeness (QED) is 0.121. The summed E-state index contributed by atoms with van der Waals surface area (Å²) >= 11 is 0. The van der Waals surface area contributed by atoms with Gasteiger partial charge < -0.3 is 18.3 Å². The minimum Gasteiger partial charge on any atom is -0.310 e. The number of rotatable bonds is 2. The van der Waals surface area contributed by atoms with Gasteiger partial charge in [0.1, 0.15) is 0 Å². The summed E-state index contributed by atoms with van der Waals surface area (Å²) in [7, 11) is 0. The lowest BCUT2D eigenvalue weighted by atomic mass is 9.33. The maximum absolute atomic E-state index is 2.69. The molecule has 83 heavy (non-hydrogen) atoms. The number of aromatic nitrogens is 4. The largest absolute Gasteiger partial charge is 0.310 e. The highest BCUT2D eigenvalue weighted by Crippen LogP contribution is 2.49. The minimum atomic E-state index is -0.151. The van der Waals surface area contributed by atoms with Crippen molar-refractivity contribution in [3.63, 3.8) is 0 Å². The van der Waals surface area contributed by atoms with Gasteiger partial charge in [0.2, 0.25) is 0 Å². The molecule has 19 aromatic rings.